The summed E-state index contributed by atoms with van der Waals surface area (Å²) in [4.78, 5) is 0. The van der Waals surface area contributed by atoms with Crippen LogP contribution in [0.4, 0.5) is 0 Å². The summed E-state index contributed by atoms with van der Waals surface area (Å²) in [6.45, 7) is 5.85. The minimum Gasteiger partial charge on any atom is -0.393 e. The largest absolute Gasteiger partial charge is 0.393 e. The molecular formula is C9H16N2O2. The second-order valence-corrected chi connectivity index (χ2v) is 3.65. The molecule has 1 aromatic rings. The SMILES string of the molecule is Cc1nonc1CCC(O)C(C)C. The van der Waals surface area contributed by atoms with Gasteiger partial charge in [-0.25, -0.2) is 4.63 Å². The summed E-state index contributed by atoms with van der Waals surface area (Å²) in [5, 5.41) is 17.0. The molecule has 0 amide bonds. The maximum absolute atomic E-state index is 9.54. The third-order valence-corrected chi connectivity index (χ3v) is 2.19. The summed E-state index contributed by atoms with van der Waals surface area (Å²) in [5.74, 6) is 0.292. The smallest absolute Gasteiger partial charge is 0.108 e. The van der Waals surface area contributed by atoms with E-state index in [0.29, 0.717) is 12.3 Å². The number of hydrogen-bond donors (Lipinski definition) is 1. The predicted molar refractivity (Wildman–Crippen MR) is 48.2 cm³/mol. The molecule has 0 aliphatic rings. The van der Waals surface area contributed by atoms with Crippen molar-refractivity contribution in [3.8, 4) is 0 Å². The van der Waals surface area contributed by atoms with Crippen molar-refractivity contribution in [2.75, 3.05) is 0 Å². The van der Waals surface area contributed by atoms with E-state index in [1.807, 2.05) is 20.8 Å². The molecule has 4 nitrogen and oxygen atoms in total. The second kappa shape index (κ2) is 4.37. The molecule has 1 N–H and O–H groups in total. The summed E-state index contributed by atoms with van der Waals surface area (Å²) < 4.78 is 4.56. The molecule has 74 valence electrons. The van der Waals surface area contributed by atoms with Gasteiger partial charge in [-0.2, -0.15) is 0 Å². The van der Waals surface area contributed by atoms with Crippen LogP contribution in [0.5, 0.6) is 0 Å². The normalized spacial score (nSPS) is 13.6. The quantitative estimate of drug-likeness (QED) is 0.766. The van der Waals surface area contributed by atoms with Crippen molar-refractivity contribution in [2.45, 2.75) is 39.7 Å². The highest BCUT2D eigenvalue weighted by Crippen LogP contribution is 2.10. The number of rotatable bonds is 4. The van der Waals surface area contributed by atoms with E-state index in [9.17, 15) is 5.11 Å². The number of aryl methyl sites for hydroxylation is 2. The Hall–Kier alpha value is -0.900. The van der Waals surface area contributed by atoms with E-state index in [1.54, 1.807) is 0 Å². The standard InChI is InChI=1S/C9H16N2O2/c1-6(2)9(12)5-4-8-7(3)10-13-11-8/h6,9,12H,4-5H2,1-3H3. The second-order valence-electron chi connectivity index (χ2n) is 3.65. The van der Waals surface area contributed by atoms with E-state index in [0.717, 1.165) is 17.8 Å². The van der Waals surface area contributed by atoms with Gasteiger partial charge in [-0.15, -0.1) is 0 Å². The Morgan fingerprint density at radius 3 is 2.54 bits per heavy atom. The molecule has 1 unspecified atom stereocenters. The molecule has 0 aliphatic carbocycles. The molecule has 0 aromatic carbocycles. The van der Waals surface area contributed by atoms with Crippen LogP contribution < -0.4 is 0 Å². The third-order valence-electron chi connectivity index (χ3n) is 2.19. The molecule has 0 radical (unpaired) electrons. The highest BCUT2D eigenvalue weighted by atomic mass is 16.6. The maximum atomic E-state index is 9.54. The lowest BCUT2D eigenvalue weighted by molar-refractivity contribution is 0.116. The molecule has 0 saturated carbocycles. The third kappa shape index (κ3) is 2.81. The first-order valence-corrected chi connectivity index (χ1v) is 4.57. The number of aliphatic hydroxyl groups is 1. The summed E-state index contributed by atoms with van der Waals surface area (Å²) in [6, 6.07) is 0. The van der Waals surface area contributed by atoms with Crippen LogP contribution >= 0.6 is 0 Å². The first-order chi connectivity index (χ1) is 6.11. The summed E-state index contributed by atoms with van der Waals surface area (Å²) >= 11 is 0. The van der Waals surface area contributed by atoms with E-state index >= 15 is 0 Å². The van der Waals surface area contributed by atoms with Gasteiger partial charge in [0.25, 0.3) is 0 Å². The number of nitrogens with zero attached hydrogens (tertiary/aromatic N) is 2. The Labute approximate surface area is 77.9 Å². The fraction of sp³-hybridized carbons (Fsp3) is 0.778. The van der Waals surface area contributed by atoms with Crippen LogP contribution in [0, 0.1) is 12.8 Å². The molecule has 0 saturated heterocycles. The monoisotopic (exact) mass is 184 g/mol. The van der Waals surface area contributed by atoms with Gasteiger partial charge in [0.05, 0.1) is 6.10 Å². The van der Waals surface area contributed by atoms with Crippen LogP contribution in [0.25, 0.3) is 0 Å². The number of aromatic nitrogens is 2. The van der Waals surface area contributed by atoms with Gasteiger partial charge in [-0.05, 0) is 25.7 Å². The van der Waals surface area contributed by atoms with Gasteiger partial charge in [0.2, 0.25) is 0 Å². The van der Waals surface area contributed by atoms with Gasteiger partial charge < -0.3 is 5.11 Å². The Morgan fingerprint density at radius 1 is 1.38 bits per heavy atom. The molecular weight excluding hydrogens is 168 g/mol. The lowest BCUT2D eigenvalue weighted by atomic mass is 10.0. The lowest BCUT2D eigenvalue weighted by Crippen LogP contribution is -2.15. The Morgan fingerprint density at radius 2 is 2.08 bits per heavy atom. The molecule has 1 aromatic heterocycles. The molecule has 0 bridgehead atoms. The molecule has 13 heavy (non-hydrogen) atoms. The van der Waals surface area contributed by atoms with Crippen LogP contribution in [0.1, 0.15) is 31.7 Å². The van der Waals surface area contributed by atoms with E-state index in [2.05, 4.69) is 14.9 Å². The van der Waals surface area contributed by atoms with E-state index in [4.69, 9.17) is 0 Å². The molecule has 0 aliphatic heterocycles. The lowest BCUT2D eigenvalue weighted by Gasteiger charge is -2.12. The molecule has 0 fully saturated rings. The number of aliphatic hydroxyl groups excluding tert-OH is 1. The van der Waals surface area contributed by atoms with Crippen LogP contribution in [0.15, 0.2) is 4.63 Å². The minimum absolute atomic E-state index is 0.268. The average Bonchev–Trinajstić information content (AvgIpc) is 2.47. The van der Waals surface area contributed by atoms with Crippen molar-refractivity contribution in [1.82, 2.24) is 10.3 Å². The number of hydrogen-bond acceptors (Lipinski definition) is 4. The van der Waals surface area contributed by atoms with E-state index in [-0.39, 0.29) is 6.10 Å². The van der Waals surface area contributed by atoms with Crippen molar-refractivity contribution >= 4 is 0 Å². The van der Waals surface area contributed by atoms with Gasteiger partial charge in [0.1, 0.15) is 11.4 Å². The topological polar surface area (TPSA) is 59.2 Å². The Balaban J connectivity index is 2.39. The molecule has 4 heteroatoms. The van der Waals surface area contributed by atoms with Crippen LogP contribution in [-0.4, -0.2) is 21.5 Å². The Kier molecular flexibility index (Phi) is 3.42. The van der Waals surface area contributed by atoms with E-state index < -0.39 is 0 Å². The first-order valence-electron chi connectivity index (χ1n) is 4.57. The molecule has 1 heterocycles. The van der Waals surface area contributed by atoms with Gasteiger partial charge in [0.15, 0.2) is 0 Å². The average molecular weight is 184 g/mol. The zero-order valence-corrected chi connectivity index (χ0v) is 8.32. The maximum Gasteiger partial charge on any atom is 0.108 e. The molecule has 1 rings (SSSR count). The zero-order chi connectivity index (χ0) is 9.84. The van der Waals surface area contributed by atoms with Crippen molar-refractivity contribution < 1.29 is 9.74 Å². The van der Waals surface area contributed by atoms with E-state index in [1.165, 1.54) is 0 Å². The Bertz CT molecular complexity index is 258. The zero-order valence-electron chi connectivity index (χ0n) is 8.32. The van der Waals surface area contributed by atoms with Crippen molar-refractivity contribution in [3.05, 3.63) is 11.4 Å². The van der Waals surface area contributed by atoms with Crippen molar-refractivity contribution in [3.63, 3.8) is 0 Å². The summed E-state index contributed by atoms with van der Waals surface area (Å²) in [5.41, 5.74) is 1.66. The van der Waals surface area contributed by atoms with Crippen LogP contribution in [0.2, 0.25) is 0 Å². The molecule has 0 spiro atoms. The first kappa shape index (κ1) is 10.2. The minimum atomic E-state index is -0.268. The van der Waals surface area contributed by atoms with Crippen molar-refractivity contribution in [1.29, 1.82) is 0 Å². The predicted octanol–water partition coefficient (Wildman–Crippen LogP) is 1.33. The fourth-order valence-electron chi connectivity index (χ4n) is 1.09. The van der Waals surface area contributed by atoms with Crippen LogP contribution in [0.3, 0.4) is 0 Å². The van der Waals surface area contributed by atoms with Crippen molar-refractivity contribution in [2.24, 2.45) is 5.92 Å². The highest BCUT2D eigenvalue weighted by Gasteiger charge is 2.12. The summed E-state index contributed by atoms with van der Waals surface area (Å²) in [6.07, 6.45) is 1.18. The van der Waals surface area contributed by atoms with Gasteiger partial charge in [0, 0.05) is 0 Å². The van der Waals surface area contributed by atoms with Gasteiger partial charge in [-0.3, -0.25) is 0 Å². The molecule has 1 atom stereocenters. The van der Waals surface area contributed by atoms with Gasteiger partial charge >= 0.3 is 0 Å². The van der Waals surface area contributed by atoms with Gasteiger partial charge in [-0.1, -0.05) is 24.2 Å². The highest BCUT2D eigenvalue weighted by molar-refractivity contribution is 5.04. The fourth-order valence-corrected chi connectivity index (χ4v) is 1.09. The van der Waals surface area contributed by atoms with Crippen LogP contribution in [-0.2, 0) is 6.42 Å². The summed E-state index contributed by atoms with van der Waals surface area (Å²) in [7, 11) is 0.